The zero-order valence-electron chi connectivity index (χ0n) is 29.3. The van der Waals surface area contributed by atoms with Crippen LogP contribution in [0.25, 0.3) is 0 Å². The lowest BCUT2D eigenvalue weighted by atomic mass is 9.45. The number of carboxylic acids is 1. The molecule has 5 rings (SSSR count). The van der Waals surface area contributed by atoms with Gasteiger partial charge in [-0.3, -0.25) is 24.0 Å². The van der Waals surface area contributed by atoms with Crippen molar-refractivity contribution < 1.29 is 48.8 Å². The van der Waals surface area contributed by atoms with Gasteiger partial charge >= 0.3 is 11.9 Å². The molecule has 12 nitrogen and oxygen atoms in total. The molecule has 4 aliphatic rings. The molecule has 272 valence electrons. The molecule has 0 unspecified atom stereocenters. The van der Waals surface area contributed by atoms with E-state index in [2.05, 4.69) is 17.6 Å². The number of carboxylic acid groups (broad SMARTS) is 1. The van der Waals surface area contributed by atoms with Crippen molar-refractivity contribution in [3.05, 3.63) is 47.5 Å². The first-order valence-electron chi connectivity index (χ1n) is 17.7. The number of carbonyl (C=O) groups is 6. The number of carbonyl (C=O) groups excluding carboxylic acids is 5. The second kappa shape index (κ2) is 14.4. The Bertz CT molecular complexity index is 1560. The van der Waals surface area contributed by atoms with Crippen LogP contribution in [-0.2, 0) is 33.5 Å². The minimum Gasteiger partial charge on any atom is -0.479 e. The predicted octanol–water partition coefficient (Wildman–Crippen LogP) is 3.20. The molecule has 5 N–H and O–H groups in total. The summed E-state index contributed by atoms with van der Waals surface area (Å²) in [6.07, 6.45) is 3.91. The molecule has 0 spiro atoms. The number of fused-ring (bicyclic) bond motifs is 5. The van der Waals surface area contributed by atoms with Gasteiger partial charge in [0.1, 0.15) is 11.6 Å². The summed E-state index contributed by atoms with van der Waals surface area (Å²) in [4.78, 5) is 76.0. The minimum atomic E-state index is -1.80. The van der Waals surface area contributed by atoms with Gasteiger partial charge in [-0.1, -0.05) is 63.6 Å². The second-order valence-electron chi connectivity index (χ2n) is 15.5. The first-order chi connectivity index (χ1) is 23.5. The van der Waals surface area contributed by atoms with Crippen LogP contribution in [0.3, 0.4) is 0 Å². The first kappa shape index (κ1) is 37.4. The van der Waals surface area contributed by atoms with Gasteiger partial charge in [0.15, 0.2) is 18.4 Å². The zero-order valence-corrected chi connectivity index (χ0v) is 29.3. The number of benzene rings is 1. The fraction of sp³-hybridized carbons (Fsp3) is 0.632. The maximum atomic E-state index is 13.6. The molecule has 3 fully saturated rings. The van der Waals surface area contributed by atoms with E-state index in [9.17, 15) is 44.1 Å². The van der Waals surface area contributed by atoms with E-state index in [0.29, 0.717) is 24.8 Å². The van der Waals surface area contributed by atoms with Crippen LogP contribution in [0.2, 0.25) is 0 Å². The molecule has 1 aromatic rings. The lowest BCUT2D eigenvalue weighted by Crippen LogP contribution is -2.62. The number of aliphatic hydroxyl groups excluding tert-OH is 1. The molecular formula is C38H50N2O10. The number of allylic oxidation sites excluding steroid dienone is 1. The number of hydrogen-bond donors (Lipinski definition) is 5. The van der Waals surface area contributed by atoms with Crippen molar-refractivity contribution in [2.45, 2.75) is 109 Å². The van der Waals surface area contributed by atoms with E-state index in [1.165, 1.54) is 0 Å². The number of ether oxygens (including phenoxy) is 1. The third-order valence-corrected chi connectivity index (χ3v) is 12.4. The summed E-state index contributed by atoms with van der Waals surface area (Å²) in [5, 5.41) is 38.2. The minimum absolute atomic E-state index is 0.0233. The lowest BCUT2D eigenvalue weighted by molar-refractivity contribution is -0.184. The third kappa shape index (κ3) is 6.88. The van der Waals surface area contributed by atoms with Crippen molar-refractivity contribution in [3.8, 4) is 0 Å². The smallest absolute Gasteiger partial charge is 0.330 e. The highest BCUT2D eigenvalue weighted by Crippen LogP contribution is 2.67. The summed E-state index contributed by atoms with van der Waals surface area (Å²) >= 11 is 0. The van der Waals surface area contributed by atoms with Crippen LogP contribution in [0.1, 0.15) is 97.1 Å². The number of Topliss-reactive ketones (excluding diaryl/α,β-unsaturated/α-hetero) is 1. The van der Waals surface area contributed by atoms with E-state index in [4.69, 9.17) is 4.74 Å². The molecule has 0 aromatic heterocycles. The van der Waals surface area contributed by atoms with Crippen LogP contribution in [-0.4, -0.2) is 75.0 Å². The summed E-state index contributed by atoms with van der Waals surface area (Å²) in [6.45, 7) is 6.69. The van der Waals surface area contributed by atoms with Crippen LogP contribution in [0.15, 0.2) is 42.0 Å². The Labute approximate surface area is 292 Å². The number of hydrogen-bond acceptors (Lipinski definition) is 9. The molecular weight excluding hydrogens is 644 g/mol. The molecule has 0 saturated heterocycles. The summed E-state index contributed by atoms with van der Waals surface area (Å²) in [7, 11) is 0. The number of aliphatic hydroxyl groups is 2. The molecule has 2 amide bonds. The van der Waals surface area contributed by atoms with Crippen LogP contribution in [0, 0.1) is 34.5 Å². The summed E-state index contributed by atoms with van der Waals surface area (Å²) in [5.74, 6) is -4.35. The molecule has 3 saturated carbocycles. The van der Waals surface area contributed by atoms with Gasteiger partial charge in [-0.05, 0) is 79.3 Å². The Kier molecular flexibility index (Phi) is 10.7. The number of nitrogens with one attached hydrogen (secondary N) is 2. The standard InChI is InChI=1S/C38H50N2O10/c1-21(2)32(34(46)40-33(35(47)48)22-8-6-5-7-9-22)39-29(44)12-13-30(45)50-20-28(43)38(49)17-15-26-25-11-10-23-18-24(41)14-16-36(23,3)31(25)27(42)19-37(26,38)4/h5-9,18,21,25-27,31-33,42,49H,10-17,19-20H2,1-4H3,(H,39,44)(H,40,46)(H,47,48)/t25-,26-,27-,31+,32+,33-,36-,37-,38-/m0/s1. The van der Waals surface area contributed by atoms with Gasteiger partial charge in [0, 0.05) is 18.3 Å². The second-order valence-corrected chi connectivity index (χ2v) is 15.5. The Balaban J connectivity index is 1.14. The van der Waals surface area contributed by atoms with Crippen molar-refractivity contribution in [1.29, 1.82) is 0 Å². The van der Waals surface area contributed by atoms with Crippen LogP contribution >= 0.6 is 0 Å². The van der Waals surface area contributed by atoms with E-state index in [-0.39, 0.29) is 54.6 Å². The predicted molar refractivity (Wildman–Crippen MR) is 180 cm³/mol. The van der Waals surface area contributed by atoms with E-state index in [1.54, 1.807) is 50.3 Å². The van der Waals surface area contributed by atoms with E-state index in [1.807, 2.05) is 6.92 Å². The quantitative estimate of drug-likeness (QED) is 0.203. The Morgan fingerprint density at radius 2 is 1.68 bits per heavy atom. The highest BCUT2D eigenvalue weighted by atomic mass is 16.5. The van der Waals surface area contributed by atoms with Crippen molar-refractivity contribution in [2.24, 2.45) is 34.5 Å². The Hall–Kier alpha value is -3.90. The first-order valence-corrected chi connectivity index (χ1v) is 17.7. The number of amides is 2. The Morgan fingerprint density at radius 1 is 0.980 bits per heavy atom. The van der Waals surface area contributed by atoms with Gasteiger partial charge in [-0.2, -0.15) is 0 Å². The van der Waals surface area contributed by atoms with E-state index in [0.717, 1.165) is 18.4 Å². The topological polar surface area (TPSA) is 196 Å². The van der Waals surface area contributed by atoms with E-state index >= 15 is 0 Å². The number of aliphatic carboxylic acids is 1. The van der Waals surface area contributed by atoms with Crippen molar-refractivity contribution in [1.82, 2.24) is 10.6 Å². The number of ketones is 2. The lowest BCUT2D eigenvalue weighted by Gasteiger charge is -2.60. The highest BCUT2D eigenvalue weighted by molar-refractivity contribution is 5.93. The summed E-state index contributed by atoms with van der Waals surface area (Å²) < 4.78 is 5.24. The normalized spacial score (nSPS) is 32.8. The highest BCUT2D eigenvalue weighted by Gasteiger charge is 2.68. The van der Waals surface area contributed by atoms with Crippen LogP contribution in [0.4, 0.5) is 0 Å². The molecule has 0 heterocycles. The number of rotatable bonds is 12. The largest absolute Gasteiger partial charge is 0.479 e. The fourth-order valence-corrected chi connectivity index (χ4v) is 9.65. The molecule has 9 atom stereocenters. The molecule has 50 heavy (non-hydrogen) atoms. The molecule has 12 heteroatoms. The van der Waals surface area contributed by atoms with Gasteiger partial charge in [-0.15, -0.1) is 0 Å². The third-order valence-electron chi connectivity index (χ3n) is 12.4. The Morgan fingerprint density at radius 3 is 2.34 bits per heavy atom. The average molecular weight is 695 g/mol. The maximum Gasteiger partial charge on any atom is 0.330 e. The van der Waals surface area contributed by atoms with E-state index < -0.39 is 71.3 Å². The fourth-order valence-electron chi connectivity index (χ4n) is 9.65. The molecule has 0 radical (unpaired) electrons. The van der Waals surface area contributed by atoms with Gasteiger partial charge in [-0.25, -0.2) is 4.79 Å². The zero-order chi connectivity index (χ0) is 36.6. The summed E-state index contributed by atoms with van der Waals surface area (Å²) in [5.41, 5.74) is -1.56. The van der Waals surface area contributed by atoms with Gasteiger partial charge in [0.2, 0.25) is 17.6 Å². The van der Waals surface area contributed by atoms with Gasteiger partial charge in [0.25, 0.3) is 0 Å². The average Bonchev–Trinajstić information content (AvgIpc) is 3.34. The maximum absolute atomic E-state index is 13.6. The SMILES string of the molecule is CC(C)[C@@H](NC(=O)CCC(=O)OCC(=O)[C@@]1(O)CC[C@H]2[C@@H]3CCC4=CC(=O)CC[C@]4(C)[C@H]3[C@@H](O)C[C@@]21C)C(=O)N[C@H](C(=O)O)c1ccccc1. The summed E-state index contributed by atoms with van der Waals surface area (Å²) in [6, 6.07) is 5.77. The number of esters is 1. The molecule has 1 aromatic carbocycles. The van der Waals surface area contributed by atoms with Crippen molar-refractivity contribution in [2.75, 3.05) is 6.61 Å². The van der Waals surface area contributed by atoms with Crippen molar-refractivity contribution >= 4 is 35.3 Å². The molecule has 0 bridgehead atoms. The van der Waals surface area contributed by atoms with Crippen LogP contribution in [0.5, 0.6) is 0 Å². The molecule has 4 aliphatic carbocycles. The molecule has 0 aliphatic heterocycles. The van der Waals surface area contributed by atoms with Crippen LogP contribution < -0.4 is 10.6 Å². The van der Waals surface area contributed by atoms with Gasteiger partial charge < -0.3 is 30.7 Å². The monoisotopic (exact) mass is 694 g/mol. The van der Waals surface area contributed by atoms with Crippen molar-refractivity contribution in [3.63, 3.8) is 0 Å². The van der Waals surface area contributed by atoms with Gasteiger partial charge in [0.05, 0.1) is 12.5 Å².